The van der Waals surface area contributed by atoms with Crippen LogP contribution in [0.5, 0.6) is 0 Å². The summed E-state index contributed by atoms with van der Waals surface area (Å²) in [5.41, 5.74) is 0. The van der Waals surface area contributed by atoms with Crippen LogP contribution in [-0.4, -0.2) is 36.6 Å². The van der Waals surface area contributed by atoms with Gasteiger partial charge in [-0.05, 0) is 31.7 Å². The van der Waals surface area contributed by atoms with Crippen LogP contribution in [0.3, 0.4) is 0 Å². The van der Waals surface area contributed by atoms with Crippen LogP contribution in [0, 0.1) is 17.2 Å². The number of nitrogens with zero attached hydrogens (tertiary/aromatic N) is 2. The van der Waals surface area contributed by atoms with Crippen LogP contribution >= 0.6 is 0 Å². The highest BCUT2D eigenvalue weighted by Gasteiger charge is 2.24. The molecule has 1 unspecified atom stereocenters. The van der Waals surface area contributed by atoms with Gasteiger partial charge in [-0.25, -0.2) is 0 Å². The molecule has 1 rings (SSSR count). The summed E-state index contributed by atoms with van der Waals surface area (Å²) >= 11 is 0. The van der Waals surface area contributed by atoms with Gasteiger partial charge in [-0.2, -0.15) is 5.26 Å². The highest BCUT2D eigenvalue weighted by molar-refractivity contribution is 4.96. The molecule has 0 spiro atoms. The van der Waals surface area contributed by atoms with E-state index in [1.54, 1.807) is 0 Å². The van der Waals surface area contributed by atoms with E-state index in [-0.39, 0.29) is 6.04 Å². The third-order valence-electron chi connectivity index (χ3n) is 2.97. The molecule has 0 radical (unpaired) electrons. The van der Waals surface area contributed by atoms with Crippen molar-refractivity contribution in [1.29, 1.82) is 5.26 Å². The van der Waals surface area contributed by atoms with E-state index in [2.05, 4.69) is 37.1 Å². The molecule has 0 aliphatic heterocycles. The lowest BCUT2D eigenvalue weighted by Crippen LogP contribution is -2.36. The van der Waals surface area contributed by atoms with Crippen LogP contribution in [0.4, 0.5) is 0 Å². The molecule has 0 saturated heterocycles. The molecule has 92 valence electrons. The zero-order valence-electron chi connectivity index (χ0n) is 10.9. The van der Waals surface area contributed by atoms with Crippen LogP contribution in [0.2, 0.25) is 0 Å². The first kappa shape index (κ1) is 13.5. The second-order valence-electron chi connectivity index (χ2n) is 5.20. The van der Waals surface area contributed by atoms with Gasteiger partial charge >= 0.3 is 0 Å². The first-order valence-electron chi connectivity index (χ1n) is 6.53. The van der Waals surface area contributed by atoms with E-state index < -0.39 is 0 Å². The second-order valence-corrected chi connectivity index (χ2v) is 5.20. The standard InChI is InChI=1S/C13H25N3/c1-4-16(10-11(2)3)8-7-13(9-14)15-12-5-6-12/h11-13,15H,4-8,10H2,1-3H3. The van der Waals surface area contributed by atoms with Crippen LogP contribution in [0.1, 0.15) is 40.0 Å². The molecule has 0 aromatic heterocycles. The van der Waals surface area contributed by atoms with Gasteiger partial charge in [-0.1, -0.05) is 20.8 Å². The van der Waals surface area contributed by atoms with Crippen molar-refractivity contribution in [1.82, 2.24) is 10.2 Å². The fourth-order valence-electron chi connectivity index (χ4n) is 1.93. The Balaban J connectivity index is 2.20. The van der Waals surface area contributed by atoms with Gasteiger partial charge in [-0.15, -0.1) is 0 Å². The van der Waals surface area contributed by atoms with Crippen molar-refractivity contribution in [2.24, 2.45) is 5.92 Å². The van der Waals surface area contributed by atoms with Crippen LogP contribution in [0.15, 0.2) is 0 Å². The van der Waals surface area contributed by atoms with E-state index in [0.717, 1.165) is 26.1 Å². The lowest BCUT2D eigenvalue weighted by molar-refractivity contribution is 0.247. The van der Waals surface area contributed by atoms with Crippen molar-refractivity contribution in [3.05, 3.63) is 0 Å². The van der Waals surface area contributed by atoms with Crippen molar-refractivity contribution >= 4 is 0 Å². The summed E-state index contributed by atoms with van der Waals surface area (Å²) in [6.07, 6.45) is 3.46. The summed E-state index contributed by atoms with van der Waals surface area (Å²) in [5.74, 6) is 0.705. The zero-order chi connectivity index (χ0) is 12.0. The average Bonchev–Trinajstić information content (AvgIpc) is 3.05. The van der Waals surface area contributed by atoms with Crippen molar-refractivity contribution in [3.63, 3.8) is 0 Å². The average molecular weight is 223 g/mol. The summed E-state index contributed by atoms with van der Waals surface area (Å²) in [6, 6.07) is 3.05. The van der Waals surface area contributed by atoms with Crippen LogP contribution < -0.4 is 5.32 Å². The molecule has 0 aromatic rings. The van der Waals surface area contributed by atoms with Crippen molar-refractivity contribution in [2.75, 3.05) is 19.6 Å². The molecule has 3 heteroatoms. The molecule has 0 aromatic carbocycles. The van der Waals surface area contributed by atoms with E-state index in [0.29, 0.717) is 12.0 Å². The molecule has 1 saturated carbocycles. The minimum Gasteiger partial charge on any atom is -0.303 e. The second kappa shape index (κ2) is 6.88. The van der Waals surface area contributed by atoms with E-state index in [1.807, 2.05) is 0 Å². The fraction of sp³-hybridized carbons (Fsp3) is 0.923. The van der Waals surface area contributed by atoms with Crippen molar-refractivity contribution in [2.45, 2.75) is 52.1 Å². The number of hydrogen-bond acceptors (Lipinski definition) is 3. The number of nitrogens with one attached hydrogen (secondary N) is 1. The topological polar surface area (TPSA) is 39.1 Å². The quantitative estimate of drug-likeness (QED) is 0.684. The summed E-state index contributed by atoms with van der Waals surface area (Å²) in [4.78, 5) is 2.43. The van der Waals surface area contributed by atoms with Gasteiger partial charge in [0.1, 0.15) is 0 Å². The normalized spacial score (nSPS) is 17.8. The maximum absolute atomic E-state index is 9.04. The summed E-state index contributed by atoms with van der Waals surface area (Å²) in [7, 11) is 0. The SMILES string of the molecule is CCN(CCC(C#N)NC1CC1)CC(C)C. The molecule has 1 atom stereocenters. The van der Waals surface area contributed by atoms with Gasteiger partial charge in [0, 0.05) is 19.1 Å². The number of rotatable bonds is 8. The molecule has 0 amide bonds. The summed E-state index contributed by atoms with van der Waals surface area (Å²) in [5, 5.41) is 12.4. The van der Waals surface area contributed by atoms with Gasteiger partial charge in [0.25, 0.3) is 0 Å². The fourth-order valence-corrected chi connectivity index (χ4v) is 1.93. The van der Waals surface area contributed by atoms with Gasteiger partial charge in [0.05, 0.1) is 12.1 Å². The summed E-state index contributed by atoms with van der Waals surface area (Å²) < 4.78 is 0. The smallest absolute Gasteiger partial charge is 0.0967 e. The Labute approximate surface area is 99.8 Å². The lowest BCUT2D eigenvalue weighted by Gasteiger charge is -2.23. The Bertz CT molecular complexity index is 228. The van der Waals surface area contributed by atoms with E-state index >= 15 is 0 Å². The zero-order valence-corrected chi connectivity index (χ0v) is 10.9. The molecular formula is C13H25N3. The van der Waals surface area contributed by atoms with E-state index in [4.69, 9.17) is 5.26 Å². The largest absolute Gasteiger partial charge is 0.303 e. The van der Waals surface area contributed by atoms with Gasteiger partial charge < -0.3 is 4.90 Å². The van der Waals surface area contributed by atoms with E-state index in [1.165, 1.54) is 12.8 Å². The van der Waals surface area contributed by atoms with Crippen LogP contribution in [0.25, 0.3) is 0 Å². The third kappa shape index (κ3) is 5.48. The van der Waals surface area contributed by atoms with Gasteiger partial charge in [0.2, 0.25) is 0 Å². The Kier molecular flexibility index (Phi) is 5.79. The first-order chi connectivity index (χ1) is 7.65. The predicted octanol–water partition coefficient (Wildman–Crippen LogP) is 2.00. The van der Waals surface area contributed by atoms with Crippen molar-refractivity contribution < 1.29 is 0 Å². The Morgan fingerprint density at radius 1 is 1.44 bits per heavy atom. The molecule has 0 heterocycles. The Hall–Kier alpha value is -0.590. The van der Waals surface area contributed by atoms with Crippen molar-refractivity contribution in [3.8, 4) is 6.07 Å². The molecule has 1 aliphatic rings. The lowest BCUT2D eigenvalue weighted by atomic mass is 10.1. The summed E-state index contributed by atoms with van der Waals surface area (Å²) in [6.45, 7) is 9.93. The molecule has 1 N–H and O–H groups in total. The maximum Gasteiger partial charge on any atom is 0.0967 e. The number of hydrogen-bond donors (Lipinski definition) is 1. The Morgan fingerprint density at radius 2 is 2.12 bits per heavy atom. The third-order valence-corrected chi connectivity index (χ3v) is 2.97. The Morgan fingerprint density at radius 3 is 2.56 bits per heavy atom. The minimum absolute atomic E-state index is 0.0497. The molecule has 1 aliphatic carbocycles. The van der Waals surface area contributed by atoms with Crippen LogP contribution in [-0.2, 0) is 0 Å². The number of nitriles is 1. The predicted molar refractivity (Wildman–Crippen MR) is 67.1 cm³/mol. The molecule has 16 heavy (non-hydrogen) atoms. The van der Waals surface area contributed by atoms with Gasteiger partial charge in [-0.3, -0.25) is 5.32 Å². The molecule has 3 nitrogen and oxygen atoms in total. The first-order valence-corrected chi connectivity index (χ1v) is 6.53. The molecular weight excluding hydrogens is 198 g/mol. The monoisotopic (exact) mass is 223 g/mol. The highest BCUT2D eigenvalue weighted by atomic mass is 15.1. The molecule has 1 fully saturated rings. The highest BCUT2D eigenvalue weighted by Crippen LogP contribution is 2.19. The van der Waals surface area contributed by atoms with Gasteiger partial charge in [0.15, 0.2) is 0 Å². The maximum atomic E-state index is 9.04. The molecule has 0 bridgehead atoms. The minimum atomic E-state index is 0.0497. The van der Waals surface area contributed by atoms with E-state index in [9.17, 15) is 0 Å².